The molecule has 1 aromatic heterocycles. The Hall–Kier alpha value is -3.35. The Morgan fingerprint density at radius 3 is 2.32 bits per heavy atom. The predicted octanol–water partition coefficient (Wildman–Crippen LogP) is 0.517. The fraction of sp³-hybridized carbons (Fsp3) is 0.520. The quantitative estimate of drug-likeness (QED) is 0.528. The summed E-state index contributed by atoms with van der Waals surface area (Å²) in [6, 6.07) is 8.19. The number of alkyl halides is 1. The topological polar surface area (TPSA) is 143 Å². The van der Waals surface area contributed by atoms with Crippen LogP contribution in [0.15, 0.2) is 41.3 Å². The average molecular weight is 515 g/mol. The number of carbonyl (C=O) groups excluding carboxylic acids is 2. The van der Waals surface area contributed by atoms with E-state index in [1.165, 1.54) is 4.57 Å². The van der Waals surface area contributed by atoms with E-state index in [9.17, 15) is 18.8 Å². The number of aromatic nitrogens is 2. The normalized spacial score (nSPS) is 21.1. The summed E-state index contributed by atoms with van der Waals surface area (Å²) < 4.78 is 15.3. The van der Waals surface area contributed by atoms with Crippen molar-refractivity contribution in [3.8, 4) is 5.69 Å². The van der Waals surface area contributed by atoms with E-state index in [2.05, 4.69) is 10.3 Å². The van der Waals surface area contributed by atoms with E-state index in [1.807, 2.05) is 29.2 Å². The number of urea groups is 1. The highest BCUT2D eigenvalue weighted by Gasteiger charge is 2.31. The Kier molecular flexibility index (Phi) is 7.90. The molecule has 1 aromatic carbocycles. The Labute approximate surface area is 215 Å². The molecule has 0 saturated carbocycles. The molecule has 2 aromatic rings. The summed E-state index contributed by atoms with van der Waals surface area (Å²) in [7, 11) is 0. The Morgan fingerprint density at radius 2 is 1.73 bits per heavy atom. The van der Waals surface area contributed by atoms with Crippen molar-refractivity contribution in [3.63, 3.8) is 0 Å². The summed E-state index contributed by atoms with van der Waals surface area (Å²) in [5.74, 6) is -0.0101. The summed E-state index contributed by atoms with van der Waals surface area (Å²) in [5, 5.41) is 2.66. The first-order valence-electron chi connectivity index (χ1n) is 12.5. The average Bonchev–Trinajstić information content (AvgIpc) is 2.86. The van der Waals surface area contributed by atoms with Crippen LogP contribution in [0.1, 0.15) is 25.8 Å². The molecule has 3 amide bonds. The fourth-order valence-electron chi connectivity index (χ4n) is 4.53. The molecular weight excluding hydrogens is 479 g/mol. The lowest BCUT2D eigenvalue weighted by molar-refractivity contribution is -0.137. The molecule has 2 atom stereocenters. The second-order valence-electron chi connectivity index (χ2n) is 10.3. The van der Waals surface area contributed by atoms with Gasteiger partial charge in [0.15, 0.2) is 0 Å². The van der Waals surface area contributed by atoms with Crippen LogP contribution in [0.25, 0.3) is 5.69 Å². The maximum Gasteiger partial charge on any atom is 0.354 e. The predicted molar refractivity (Wildman–Crippen MR) is 138 cm³/mol. The lowest BCUT2D eigenvalue weighted by atomic mass is 10.0. The summed E-state index contributed by atoms with van der Waals surface area (Å²) in [6.45, 7) is 6.47. The molecule has 5 N–H and O–H groups in total. The number of halogens is 1. The Bertz CT molecular complexity index is 1170. The Balaban J connectivity index is 1.32. The number of carbonyl (C=O) groups is 2. The van der Waals surface area contributed by atoms with Gasteiger partial charge in [-0.3, -0.25) is 19.6 Å². The first-order valence-corrected chi connectivity index (χ1v) is 12.5. The van der Waals surface area contributed by atoms with Crippen molar-refractivity contribution >= 4 is 17.8 Å². The van der Waals surface area contributed by atoms with Crippen LogP contribution in [0, 0.1) is 0 Å². The molecule has 0 spiro atoms. The Morgan fingerprint density at radius 1 is 1.08 bits per heavy atom. The summed E-state index contributed by atoms with van der Waals surface area (Å²) >= 11 is 0. The highest BCUT2D eigenvalue weighted by atomic mass is 19.1. The third-order valence-corrected chi connectivity index (χ3v) is 6.74. The number of piperidine rings is 1. The largest absolute Gasteiger partial charge is 0.354 e. The molecular formula is C25H35FN8O3. The molecule has 2 fully saturated rings. The van der Waals surface area contributed by atoms with Crippen molar-refractivity contribution in [2.24, 2.45) is 11.5 Å². The number of piperazine rings is 1. The lowest BCUT2D eigenvalue weighted by Gasteiger charge is -2.37. The number of hydrogen-bond acceptors (Lipinski definition) is 7. The third-order valence-electron chi connectivity index (χ3n) is 6.74. The standard InChI is InChI=1S/C25H35FN8O3/c1-25(2,28)22(35)32-11-13-33(14-12-32)23(36)29-21-8-10-34(24(37)30-21)18-5-3-17(4-6-18)15-31-9-7-20(27)19(26)16-31/h3-6,8,10,19-20H,7,9,11-16,27-28H2,1-2H3,(H,29,30,36,37)/t19-,20+/m0/s1. The fourth-order valence-corrected chi connectivity index (χ4v) is 4.53. The van der Waals surface area contributed by atoms with E-state index < -0.39 is 23.4 Å². The molecule has 3 heterocycles. The first-order chi connectivity index (χ1) is 17.5. The molecule has 0 unspecified atom stereocenters. The van der Waals surface area contributed by atoms with Gasteiger partial charge in [0.1, 0.15) is 12.0 Å². The number of rotatable bonds is 5. The minimum atomic E-state index is -1.02. The van der Waals surface area contributed by atoms with Crippen LogP contribution in [0.3, 0.4) is 0 Å². The van der Waals surface area contributed by atoms with Gasteiger partial charge in [0.05, 0.1) is 11.2 Å². The molecule has 12 heteroatoms. The molecule has 4 rings (SSSR count). The minimum absolute atomic E-state index is 0.147. The van der Waals surface area contributed by atoms with Gasteiger partial charge in [0, 0.05) is 58.1 Å². The number of likely N-dealkylation sites (tertiary alicyclic amines) is 1. The molecule has 0 bridgehead atoms. The molecule has 0 radical (unpaired) electrons. The zero-order valence-electron chi connectivity index (χ0n) is 21.3. The van der Waals surface area contributed by atoms with Gasteiger partial charge in [-0.1, -0.05) is 12.1 Å². The first kappa shape index (κ1) is 26.7. The number of nitrogens with two attached hydrogens (primary N) is 2. The second-order valence-corrected chi connectivity index (χ2v) is 10.3. The van der Waals surface area contributed by atoms with Gasteiger partial charge < -0.3 is 21.3 Å². The highest BCUT2D eigenvalue weighted by molar-refractivity contribution is 5.89. The summed E-state index contributed by atoms with van der Waals surface area (Å²) in [6.07, 6.45) is 1.17. The van der Waals surface area contributed by atoms with Crippen LogP contribution >= 0.6 is 0 Å². The number of amides is 3. The number of anilines is 1. The smallest absolute Gasteiger partial charge is 0.338 e. The lowest BCUT2D eigenvalue weighted by Crippen LogP contribution is -2.58. The van der Waals surface area contributed by atoms with Crippen LogP contribution in [0.4, 0.5) is 15.0 Å². The van der Waals surface area contributed by atoms with Crippen LogP contribution < -0.4 is 22.5 Å². The van der Waals surface area contributed by atoms with E-state index in [0.717, 1.165) is 12.1 Å². The summed E-state index contributed by atoms with van der Waals surface area (Å²) in [4.78, 5) is 46.9. The van der Waals surface area contributed by atoms with Crippen molar-refractivity contribution in [1.82, 2.24) is 24.3 Å². The number of benzene rings is 1. The zero-order chi connectivity index (χ0) is 26.7. The van der Waals surface area contributed by atoms with Gasteiger partial charge in [-0.05, 0) is 44.0 Å². The number of nitrogens with one attached hydrogen (secondary N) is 1. The SMILES string of the molecule is CC(C)(N)C(=O)N1CCN(C(=O)Nc2ccn(-c3ccc(CN4CC[C@@H](N)[C@@H](F)C4)cc3)c(=O)n2)CC1. The van der Waals surface area contributed by atoms with Gasteiger partial charge >= 0.3 is 11.7 Å². The number of hydrogen-bond donors (Lipinski definition) is 3. The van der Waals surface area contributed by atoms with Crippen molar-refractivity contribution in [1.29, 1.82) is 0 Å². The van der Waals surface area contributed by atoms with Crippen molar-refractivity contribution < 1.29 is 14.0 Å². The van der Waals surface area contributed by atoms with Crippen LogP contribution in [-0.2, 0) is 11.3 Å². The van der Waals surface area contributed by atoms with Crippen molar-refractivity contribution in [2.75, 3.05) is 44.6 Å². The van der Waals surface area contributed by atoms with Gasteiger partial charge in [-0.15, -0.1) is 0 Å². The van der Waals surface area contributed by atoms with E-state index in [0.29, 0.717) is 51.4 Å². The second kappa shape index (κ2) is 11.0. The maximum absolute atomic E-state index is 13.9. The van der Waals surface area contributed by atoms with Crippen molar-refractivity contribution in [2.45, 2.75) is 44.6 Å². The maximum atomic E-state index is 13.9. The zero-order valence-corrected chi connectivity index (χ0v) is 21.3. The van der Waals surface area contributed by atoms with E-state index in [4.69, 9.17) is 11.5 Å². The van der Waals surface area contributed by atoms with Crippen LogP contribution in [-0.4, -0.2) is 93.2 Å². The van der Waals surface area contributed by atoms with Gasteiger partial charge in [0.2, 0.25) is 5.91 Å². The molecule has 11 nitrogen and oxygen atoms in total. The van der Waals surface area contributed by atoms with Crippen LogP contribution in [0.5, 0.6) is 0 Å². The molecule has 200 valence electrons. The van der Waals surface area contributed by atoms with E-state index in [1.54, 1.807) is 35.9 Å². The van der Waals surface area contributed by atoms with Gasteiger partial charge in [0.25, 0.3) is 0 Å². The third kappa shape index (κ3) is 6.51. The number of nitrogens with zero attached hydrogens (tertiary/aromatic N) is 5. The summed E-state index contributed by atoms with van der Waals surface area (Å²) in [5.41, 5.74) is 11.8. The molecule has 2 saturated heterocycles. The van der Waals surface area contributed by atoms with Crippen molar-refractivity contribution in [3.05, 3.63) is 52.6 Å². The van der Waals surface area contributed by atoms with E-state index >= 15 is 0 Å². The molecule has 37 heavy (non-hydrogen) atoms. The minimum Gasteiger partial charge on any atom is -0.338 e. The molecule has 0 aliphatic carbocycles. The van der Waals surface area contributed by atoms with E-state index in [-0.39, 0.29) is 17.8 Å². The van der Waals surface area contributed by atoms with Crippen LogP contribution in [0.2, 0.25) is 0 Å². The van der Waals surface area contributed by atoms with Gasteiger partial charge in [-0.25, -0.2) is 14.0 Å². The highest BCUT2D eigenvalue weighted by Crippen LogP contribution is 2.17. The molecule has 2 aliphatic heterocycles. The molecule has 2 aliphatic rings. The monoisotopic (exact) mass is 514 g/mol. The van der Waals surface area contributed by atoms with Gasteiger partial charge in [-0.2, -0.15) is 4.98 Å².